The van der Waals surface area contributed by atoms with E-state index >= 15 is 0 Å². The smallest absolute Gasteiger partial charge is 0.258 e. The molecule has 0 bridgehead atoms. The lowest BCUT2D eigenvalue weighted by molar-refractivity contribution is -0.384. The van der Waals surface area contributed by atoms with E-state index in [9.17, 15) is 10.1 Å². The van der Waals surface area contributed by atoms with Crippen LogP contribution in [0.25, 0.3) is 21.2 Å². The first-order valence-electron chi connectivity index (χ1n) is 5.43. The maximum Gasteiger partial charge on any atom is 0.270 e. The summed E-state index contributed by atoms with van der Waals surface area (Å²) in [5.74, 6) is 0. The zero-order valence-corrected chi connectivity index (χ0v) is 11.1. The summed E-state index contributed by atoms with van der Waals surface area (Å²) < 4.78 is 1.01. The second-order valence-electron chi connectivity index (χ2n) is 3.96. The van der Waals surface area contributed by atoms with Gasteiger partial charge in [0, 0.05) is 29.3 Å². The summed E-state index contributed by atoms with van der Waals surface area (Å²) in [6.07, 6.45) is 1.71. The van der Waals surface area contributed by atoms with Crippen molar-refractivity contribution in [3.63, 3.8) is 0 Å². The van der Waals surface area contributed by atoms with Crippen LogP contribution in [-0.2, 0) is 0 Å². The number of nitro benzene ring substituents is 1. The van der Waals surface area contributed by atoms with Crippen molar-refractivity contribution in [2.45, 2.75) is 0 Å². The summed E-state index contributed by atoms with van der Waals surface area (Å²) in [5, 5.41) is 14.2. The number of nitrogens with zero attached hydrogens (tertiary/aromatic N) is 2. The van der Waals surface area contributed by atoms with Gasteiger partial charge in [0.25, 0.3) is 5.69 Å². The highest BCUT2D eigenvalue weighted by atomic mass is 35.5. The lowest BCUT2D eigenvalue weighted by Gasteiger charge is -2.00. The molecule has 0 radical (unpaired) electrons. The number of fused-ring (bicyclic) bond motifs is 1. The van der Waals surface area contributed by atoms with Crippen LogP contribution in [0.2, 0.25) is 5.15 Å². The Morgan fingerprint density at radius 3 is 2.95 bits per heavy atom. The molecule has 94 valence electrons. The van der Waals surface area contributed by atoms with Gasteiger partial charge in [-0.25, -0.2) is 4.98 Å². The minimum atomic E-state index is -0.396. The fourth-order valence-electron chi connectivity index (χ4n) is 1.92. The van der Waals surface area contributed by atoms with E-state index in [1.807, 2.05) is 11.4 Å². The van der Waals surface area contributed by atoms with Crippen LogP contribution in [0.5, 0.6) is 0 Å². The number of pyridine rings is 1. The van der Waals surface area contributed by atoms with Gasteiger partial charge in [-0.1, -0.05) is 23.7 Å². The summed E-state index contributed by atoms with van der Waals surface area (Å²) in [4.78, 5) is 14.4. The van der Waals surface area contributed by atoms with Crippen molar-refractivity contribution in [3.8, 4) is 11.1 Å². The molecule has 0 unspecified atom stereocenters. The van der Waals surface area contributed by atoms with Crippen LogP contribution < -0.4 is 0 Å². The molecule has 0 aliphatic rings. The maximum atomic E-state index is 10.8. The minimum absolute atomic E-state index is 0.0806. The molecule has 0 saturated carbocycles. The molecule has 0 aliphatic heterocycles. The molecule has 3 aromatic rings. The molecule has 3 rings (SSSR count). The van der Waals surface area contributed by atoms with Crippen LogP contribution in [0.15, 0.2) is 41.9 Å². The van der Waals surface area contributed by atoms with Gasteiger partial charge >= 0.3 is 0 Å². The summed E-state index contributed by atoms with van der Waals surface area (Å²) >= 11 is 7.44. The quantitative estimate of drug-likeness (QED) is 0.396. The van der Waals surface area contributed by atoms with Gasteiger partial charge in [0.15, 0.2) is 0 Å². The van der Waals surface area contributed by atoms with Gasteiger partial charge in [-0.05, 0) is 17.0 Å². The monoisotopic (exact) mass is 290 g/mol. The predicted molar refractivity (Wildman–Crippen MR) is 76.7 cm³/mol. The molecular weight excluding hydrogens is 284 g/mol. The minimum Gasteiger partial charge on any atom is -0.258 e. The number of benzene rings is 1. The van der Waals surface area contributed by atoms with Gasteiger partial charge in [-0.3, -0.25) is 10.1 Å². The zero-order valence-electron chi connectivity index (χ0n) is 9.54. The second-order valence-corrected chi connectivity index (χ2v) is 5.26. The normalized spacial score (nSPS) is 10.8. The standard InChI is InChI=1S/C13H7ClN2O2S/c14-13-5-10-11(7-19-12(10)6-15-13)8-2-1-3-9(4-8)16(17)18/h1-7H. The first kappa shape index (κ1) is 12.1. The Kier molecular flexibility index (Phi) is 2.93. The predicted octanol–water partition coefficient (Wildman–Crippen LogP) is 4.52. The van der Waals surface area contributed by atoms with Crippen molar-refractivity contribution in [3.05, 3.63) is 57.2 Å². The van der Waals surface area contributed by atoms with E-state index in [2.05, 4.69) is 4.98 Å². The van der Waals surface area contributed by atoms with Gasteiger partial charge < -0.3 is 0 Å². The van der Waals surface area contributed by atoms with E-state index in [1.54, 1.807) is 35.7 Å². The van der Waals surface area contributed by atoms with Crippen LogP contribution in [0.1, 0.15) is 0 Å². The number of thiophene rings is 1. The highest BCUT2D eigenvalue weighted by molar-refractivity contribution is 7.17. The zero-order chi connectivity index (χ0) is 13.4. The lowest BCUT2D eigenvalue weighted by atomic mass is 10.1. The van der Waals surface area contributed by atoms with E-state index in [-0.39, 0.29) is 5.69 Å². The summed E-state index contributed by atoms with van der Waals surface area (Å²) in [5.41, 5.74) is 1.83. The van der Waals surface area contributed by atoms with Gasteiger partial charge in [0.2, 0.25) is 0 Å². The van der Waals surface area contributed by atoms with Crippen LogP contribution in [0.3, 0.4) is 0 Å². The van der Waals surface area contributed by atoms with Gasteiger partial charge in [-0.2, -0.15) is 0 Å². The number of halogens is 1. The number of non-ortho nitro benzene ring substituents is 1. The topological polar surface area (TPSA) is 56.0 Å². The molecule has 0 fully saturated rings. The number of rotatable bonds is 2. The highest BCUT2D eigenvalue weighted by Crippen LogP contribution is 2.35. The molecule has 19 heavy (non-hydrogen) atoms. The third kappa shape index (κ3) is 2.18. The van der Waals surface area contributed by atoms with Gasteiger partial charge in [0.05, 0.1) is 9.62 Å². The molecule has 0 amide bonds. The van der Waals surface area contributed by atoms with Crippen molar-refractivity contribution in [1.29, 1.82) is 0 Å². The highest BCUT2D eigenvalue weighted by Gasteiger charge is 2.11. The van der Waals surface area contributed by atoms with Crippen LogP contribution in [-0.4, -0.2) is 9.91 Å². The molecule has 2 heterocycles. The SMILES string of the molecule is O=[N+]([O-])c1cccc(-c2csc3cnc(Cl)cc23)c1. The number of nitro groups is 1. The first-order valence-corrected chi connectivity index (χ1v) is 6.68. The third-order valence-corrected chi connectivity index (χ3v) is 3.94. The van der Waals surface area contributed by atoms with E-state index in [0.717, 1.165) is 21.2 Å². The van der Waals surface area contributed by atoms with Crippen molar-refractivity contribution < 1.29 is 4.92 Å². The van der Waals surface area contributed by atoms with Crippen molar-refractivity contribution >= 4 is 38.7 Å². The summed E-state index contributed by atoms with van der Waals surface area (Å²) in [6.45, 7) is 0. The molecule has 0 atom stereocenters. The number of aromatic nitrogens is 1. The van der Waals surface area contributed by atoms with Crippen LogP contribution in [0, 0.1) is 10.1 Å². The molecule has 0 spiro atoms. The molecule has 0 saturated heterocycles. The van der Waals surface area contributed by atoms with E-state index in [4.69, 9.17) is 11.6 Å². The molecule has 2 aromatic heterocycles. The Bertz CT molecular complexity index is 785. The van der Waals surface area contributed by atoms with E-state index in [1.165, 1.54) is 6.07 Å². The van der Waals surface area contributed by atoms with E-state index < -0.39 is 4.92 Å². The van der Waals surface area contributed by atoms with Gasteiger partial charge in [0.1, 0.15) is 5.15 Å². The molecule has 1 aromatic carbocycles. The molecule has 6 heteroatoms. The van der Waals surface area contributed by atoms with Crippen LogP contribution >= 0.6 is 22.9 Å². The second kappa shape index (κ2) is 4.60. The van der Waals surface area contributed by atoms with Gasteiger partial charge in [-0.15, -0.1) is 11.3 Å². The third-order valence-electron chi connectivity index (χ3n) is 2.80. The molecule has 4 nitrogen and oxygen atoms in total. The van der Waals surface area contributed by atoms with Crippen molar-refractivity contribution in [2.24, 2.45) is 0 Å². The van der Waals surface area contributed by atoms with Crippen LogP contribution in [0.4, 0.5) is 5.69 Å². The molecule has 0 aliphatic carbocycles. The Balaban J connectivity index is 2.21. The lowest BCUT2D eigenvalue weighted by Crippen LogP contribution is -1.87. The average molecular weight is 291 g/mol. The van der Waals surface area contributed by atoms with Crippen molar-refractivity contribution in [2.75, 3.05) is 0 Å². The summed E-state index contributed by atoms with van der Waals surface area (Å²) in [7, 11) is 0. The molecular formula is C13H7ClN2O2S. The summed E-state index contributed by atoms with van der Waals surface area (Å²) in [6, 6.07) is 8.35. The average Bonchev–Trinajstić information content (AvgIpc) is 2.81. The Hall–Kier alpha value is -1.98. The largest absolute Gasteiger partial charge is 0.270 e. The number of hydrogen-bond donors (Lipinski definition) is 0. The molecule has 0 N–H and O–H groups in total. The Morgan fingerprint density at radius 1 is 1.32 bits per heavy atom. The maximum absolute atomic E-state index is 10.8. The fraction of sp³-hybridized carbons (Fsp3) is 0. The van der Waals surface area contributed by atoms with E-state index in [0.29, 0.717) is 5.15 Å². The fourth-order valence-corrected chi connectivity index (χ4v) is 2.99. The van der Waals surface area contributed by atoms with Crippen molar-refractivity contribution in [1.82, 2.24) is 4.98 Å². The number of hydrogen-bond acceptors (Lipinski definition) is 4. The Labute approximate surface area is 117 Å². The first-order chi connectivity index (χ1) is 9.15. The Morgan fingerprint density at radius 2 is 2.16 bits per heavy atom.